The highest BCUT2D eigenvalue weighted by molar-refractivity contribution is 6.19. The van der Waals surface area contributed by atoms with Gasteiger partial charge in [-0.1, -0.05) is 30.3 Å². The Kier molecular flexibility index (Phi) is 5.29. The standard InChI is InChI=1S/C20H27NO3/c1-15(22)17(14-16-10-7-6-8-11-16)18(23)24-21-19(2,3)12-9-13-20(21,4)5/h6-8,10-11,14H,9,12-13H2,1-5H3/b17-14-. The highest BCUT2D eigenvalue weighted by Gasteiger charge is 2.44. The molecule has 0 unspecified atom stereocenters. The van der Waals surface area contributed by atoms with Gasteiger partial charge in [0.1, 0.15) is 5.57 Å². The van der Waals surface area contributed by atoms with E-state index in [9.17, 15) is 9.59 Å². The van der Waals surface area contributed by atoms with Crippen molar-refractivity contribution in [1.29, 1.82) is 0 Å². The minimum Gasteiger partial charge on any atom is -0.363 e. The third kappa shape index (κ3) is 4.12. The van der Waals surface area contributed by atoms with Crippen LogP contribution >= 0.6 is 0 Å². The van der Waals surface area contributed by atoms with Crippen LogP contribution in [0.25, 0.3) is 6.08 Å². The Bertz CT molecular complexity index is 628. The molecule has 1 aromatic rings. The lowest BCUT2D eigenvalue weighted by atomic mass is 9.82. The van der Waals surface area contributed by atoms with E-state index in [1.165, 1.54) is 6.92 Å². The predicted molar refractivity (Wildman–Crippen MR) is 95.0 cm³/mol. The number of piperidine rings is 1. The van der Waals surface area contributed by atoms with Crippen molar-refractivity contribution in [2.45, 2.75) is 65.0 Å². The molecule has 1 saturated heterocycles. The number of hydrogen-bond donors (Lipinski definition) is 0. The van der Waals surface area contributed by atoms with Crippen molar-refractivity contribution in [1.82, 2.24) is 5.06 Å². The summed E-state index contributed by atoms with van der Waals surface area (Å²) in [4.78, 5) is 30.4. The molecule has 0 saturated carbocycles. The van der Waals surface area contributed by atoms with E-state index in [0.717, 1.165) is 24.8 Å². The van der Waals surface area contributed by atoms with Gasteiger partial charge in [-0.25, -0.2) is 4.79 Å². The maximum Gasteiger partial charge on any atom is 0.360 e. The molecule has 2 rings (SSSR count). The van der Waals surface area contributed by atoms with Crippen LogP contribution in [0.3, 0.4) is 0 Å². The summed E-state index contributed by atoms with van der Waals surface area (Å²) in [5.41, 5.74) is 0.355. The molecule has 1 heterocycles. The molecule has 0 amide bonds. The van der Waals surface area contributed by atoms with Gasteiger partial charge in [0.15, 0.2) is 5.78 Å². The summed E-state index contributed by atoms with van der Waals surface area (Å²) < 4.78 is 0. The number of ketones is 1. The van der Waals surface area contributed by atoms with Crippen molar-refractivity contribution < 1.29 is 14.4 Å². The second-order valence-corrected chi connectivity index (χ2v) is 7.68. The molecule has 0 spiro atoms. The first-order valence-corrected chi connectivity index (χ1v) is 8.44. The van der Waals surface area contributed by atoms with Gasteiger partial charge in [-0.2, -0.15) is 0 Å². The van der Waals surface area contributed by atoms with E-state index in [1.807, 2.05) is 30.3 Å². The van der Waals surface area contributed by atoms with Gasteiger partial charge in [-0.15, -0.1) is 5.06 Å². The molecule has 1 aromatic carbocycles. The zero-order chi connectivity index (χ0) is 18.0. The highest BCUT2D eigenvalue weighted by atomic mass is 16.7. The quantitative estimate of drug-likeness (QED) is 0.473. The summed E-state index contributed by atoms with van der Waals surface area (Å²) in [5, 5.41) is 1.77. The minimum atomic E-state index is -0.589. The van der Waals surface area contributed by atoms with E-state index >= 15 is 0 Å². The van der Waals surface area contributed by atoms with E-state index in [0.29, 0.717) is 0 Å². The summed E-state index contributed by atoms with van der Waals surface area (Å²) in [6.07, 6.45) is 4.57. The molecule has 0 radical (unpaired) electrons. The molecular weight excluding hydrogens is 302 g/mol. The largest absolute Gasteiger partial charge is 0.363 e. The molecule has 0 N–H and O–H groups in total. The van der Waals surface area contributed by atoms with Gasteiger partial charge in [0.05, 0.1) is 11.1 Å². The van der Waals surface area contributed by atoms with Crippen LogP contribution < -0.4 is 0 Å². The van der Waals surface area contributed by atoms with Gasteiger partial charge in [0.25, 0.3) is 0 Å². The van der Waals surface area contributed by atoms with Crippen molar-refractivity contribution in [3.05, 3.63) is 41.5 Å². The molecule has 1 fully saturated rings. The van der Waals surface area contributed by atoms with Crippen LogP contribution in [-0.2, 0) is 14.4 Å². The van der Waals surface area contributed by atoms with Gasteiger partial charge in [0.2, 0.25) is 0 Å². The van der Waals surface area contributed by atoms with Crippen LogP contribution in [0.1, 0.15) is 59.4 Å². The minimum absolute atomic E-state index is 0.0679. The molecule has 0 bridgehead atoms. The van der Waals surface area contributed by atoms with Crippen LogP contribution in [0, 0.1) is 0 Å². The third-order valence-electron chi connectivity index (χ3n) is 4.56. The lowest BCUT2D eigenvalue weighted by Gasteiger charge is -2.50. The molecule has 1 aliphatic rings. The molecule has 24 heavy (non-hydrogen) atoms. The van der Waals surface area contributed by atoms with Crippen molar-refractivity contribution in [2.24, 2.45) is 0 Å². The van der Waals surface area contributed by atoms with Gasteiger partial charge in [0, 0.05) is 0 Å². The van der Waals surface area contributed by atoms with E-state index in [1.54, 1.807) is 11.1 Å². The van der Waals surface area contributed by atoms with Crippen molar-refractivity contribution in [3.8, 4) is 0 Å². The summed E-state index contributed by atoms with van der Waals surface area (Å²) in [6.45, 7) is 9.65. The Hall–Kier alpha value is -1.94. The van der Waals surface area contributed by atoms with E-state index < -0.39 is 5.97 Å². The highest BCUT2D eigenvalue weighted by Crippen LogP contribution is 2.38. The lowest BCUT2D eigenvalue weighted by molar-refractivity contribution is -0.262. The zero-order valence-electron chi connectivity index (χ0n) is 15.3. The van der Waals surface area contributed by atoms with E-state index in [2.05, 4.69) is 27.7 Å². The molecule has 1 aliphatic heterocycles. The number of carbonyl (C=O) groups excluding carboxylic acids is 2. The van der Waals surface area contributed by atoms with Crippen LogP contribution in [0.15, 0.2) is 35.9 Å². The number of carbonyl (C=O) groups is 2. The monoisotopic (exact) mass is 329 g/mol. The Morgan fingerprint density at radius 3 is 2.08 bits per heavy atom. The first kappa shape index (κ1) is 18.4. The fraction of sp³-hybridized carbons (Fsp3) is 0.500. The summed E-state index contributed by atoms with van der Waals surface area (Å²) in [6, 6.07) is 9.33. The number of benzene rings is 1. The molecule has 4 heteroatoms. The Labute approximate surface area is 144 Å². The zero-order valence-corrected chi connectivity index (χ0v) is 15.3. The van der Waals surface area contributed by atoms with Crippen LogP contribution in [0.2, 0.25) is 0 Å². The second kappa shape index (κ2) is 6.89. The first-order valence-electron chi connectivity index (χ1n) is 8.44. The summed E-state index contributed by atoms with van der Waals surface area (Å²) in [7, 11) is 0. The van der Waals surface area contributed by atoms with Crippen LogP contribution in [0.4, 0.5) is 0 Å². The smallest absolute Gasteiger partial charge is 0.360 e. The topological polar surface area (TPSA) is 46.6 Å². The van der Waals surface area contributed by atoms with Crippen molar-refractivity contribution >= 4 is 17.8 Å². The van der Waals surface area contributed by atoms with Gasteiger partial charge in [-0.05, 0) is 65.5 Å². The van der Waals surface area contributed by atoms with E-state index in [-0.39, 0.29) is 22.4 Å². The van der Waals surface area contributed by atoms with Gasteiger partial charge >= 0.3 is 5.97 Å². The van der Waals surface area contributed by atoms with Gasteiger partial charge < -0.3 is 4.84 Å². The fourth-order valence-corrected chi connectivity index (χ4v) is 3.38. The average Bonchev–Trinajstić information content (AvgIpc) is 2.49. The summed E-state index contributed by atoms with van der Waals surface area (Å²) in [5.74, 6) is -0.883. The normalized spacial score (nSPS) is 20.5. The summed E-state index contributed by atoms with van der Waals surface area (Å²) >= 11 is 0. The molecular formula is C20H27NO3. The number of hydrogen-bond acceptors (Lipinski definition) is 4. The molecule has 0 atom stereocenters. The Morgan fingerprint density at radius 2 is 1.58 bits per heavy atom. The number of nitrogens with zero attached hydrogens (tertiary/aromatic N) is 1. The maximum absolute atomic E-state index is 12.7. The van der Waals surface area contributed by atoms with Crippen molar-refractivity contribution in [3.63, 3.8) is 0 Å². The second-order valence-electron chi connectivity index (χ2n) is 7.68. The maximum atomic E-state index is 12.7. The first-order chi connectivity index (χ1) is 11.1. The molecule has 0 aromatic heterocycles. The molecule has 0 aliphatic carbocycles. The van der Waals surface area contributed by atoms with Crippen molar-refractivity contribution in [2.75, 3.05) is 0 Å². The number of rotatable bonds is 4. The fourth-order valence-electron chi connectivity index (χ4n) is 3.38. The number of Topliss-reactive ketones (excluding diaryl/α,β-unsaturated/α-hetero) is 1. The van der Waals surface area contributed by atoms with Gasteiger partial charge in [-0.3, -0.25) is 4.79 Å². The van der Waals surface area contributed by atoms with E-state index in [4.69, 9.17) is 4.84 Å². The Balaban J connectivity index is 2.28. The SMILES string of the molecule is CC(=O)/C(=C/c1ccccc1)C(=O)ON1C(C)(C)CCCC1(C)C. The van der Waals surface area contributed by atoms with Crippen LogP contribution in [-0.4, -0.2) is 27.9 Å². The lowest BCUT2D eigenvalue weighted by Crippen LogP contribution is -2.59. The molecule has 4 nitrogen and oxygen atoms in total. The average molecular weight is 329 g/mol. The third-order valence-corrected chi connectivity index (χ3v) is 4.56. The predicted octanol–water partition coefficient (Wildman–Crippen LogP) is 4.16. The number of hydroxylamine groups is 2. The van der Waals surface area contributed by atoms with Crippen LogP contribution in [0.5, 0.6) is 0 Å². The molecule has 130 valence electrons. The Morgan fingerprint density at radius 1 is 1.04 bits per heavy atom.